The molecule has 0 bridgehead atoms. The quantitative estimate of drug-likeness (QED) is 0.706. The highest BCUT2D eigenvalue weighted by Crippen LogP contribution is 2.09. The minimum Gasteiger partial charge on any atom is -0.480 e. The van der Waals surface area contributed by atoms with E-state index in [1.807, 2.05) is 0 Å². The van der Waals surface area contributed by atoms with Crippen LogP contribution in [-0.2, 0) is 4.79 Å². The Labute approximate surface area is 87.2 Å². The second-order valence-electron chi connectivity index (χ2n) is 3.77. The first kappa shape index (κ1) is 12.3. The normalized spacial score (nSPS) is 23.3. The van der Waals surface area contributed by atoms with Crippen molar-refractivity contribution in [3.05, 3.63) is 0 Å². The summed E-state index contributed by atoms with van der Waals surface area (Å²) in [4.78, 5) is 12.2. The summed E-state index contributed by atoms with van der Waals surface area (Å²) in [6, 6.07) is -0.00731. The van der Waals surface area contributed by atoms with Crippen molar-refractivity contribution < 1.29 is 18.7 Å². The molecule has 0 aromatic heterocycles. The second kappa shape index (κ2) is 5.97. The molecule has 0 spiro atoms. The zero-order valence-corrected chi connectivity index (χ0v) is 8.46. The van der Waals surface area contributed by atoms with Crippen molar-refractivity contribution in [3.8, 4) is 0 Å². The highest BCUT2D eigenvalue weighted by molar-refractivity contribution is 5.69. The molecule has 0 saturated carbocycles. The Balaban J connectivity index is 2.25. The van der Waals surface area contributed by atoms with Crippen molar-refractivity contribution in [1.82, 2.24) is 10.2 Å². The molecular weight excluding hydrogens is 206 g/mol. The van der Waals surface area contributed by atoms with Crippen molar-refractivity contribution in [1.29, 1.82) is 0 Å². The van der Waals surface area contributed by atoms with Gasteiger partial charge in [-0.1, -0.05) is 0 Å². The van der Waals surface area contributed by atoms with Gasteiger partial charge in [0.25, 0.3) is 6.43 Å². The highest BCUT2D eigenvalue weighted by atomic mass is 19.3. The molecule has 0 aromatic carbocycles. The maximum absolute atomic E-state index is 11.9. The maximum atomic E-state index is 11.9. The van der Waals surface area contributed by atoms with Crippen molar-refractivity contribution in [2.75, 3.05) is 26.2 Å². The van der Waals surface area contributed by atoms with Gasteiger partial charge in [-0.3, -0.25) is 9.69 Å². The Hall–Kier alpha value is -0.750. The molecule has 1 saturated heterocycles. The molecule has 1 fully saturated rings. The number of carboxylic acids is 1. The minimum atomic E-state index is -2.35. The molecule has 1 unspecified atom stereocenters. The monoisotopic (exact) mass is 222 g/mol. The van der Waals surface area contributed by atoms with Crippen molar-refractivity contribution in [2.45, 2.75) is 25.3 Å². The van der Waals surface area contributed by atoms with Crippen LogP contribution in [0, 0.1) is 0 Å². The third-order valence-electron chi connectivity index (χ3n) is 2.43. The fraction of sp³-hybridized carbons (Fsp3) is 0.889. The van der Waals surface area contributed by atoms with Gasteiger partial charge in [0.2, 0.25) is 0 Å². The summed E-state index contributed by atoms with van der Waals surface area (Å²) in [6.07, 6.45) is -0.656. The van der Waals surface area contributed by atoms with E-state index in [-0.39, 0.29) is 19.1 Å². The largest absolute Gasteiger partial charge is 0.480 e. The van der Waals surface area contributed by atoms with Crippen LogP contribution >= 0.6 is 0 Å². The first-order valence-electron chi connectivity index (χ1n) is 5.03. The van der Waals surface area contributed by atoms with E-state index in [1.54, 1.807) is 4.90 Å². The van der Waals surface area contributed by atoms with Crippen LogP contribution in [-0.4, -0.2) is 54.6 Å². The molecule has 0 radical (unpaired) electrons. The van der Waals surface area contributed by atoms with Gasteiger partial charge in [-0.25, -0.2) is 8.78 Å². The van der Waals surface area contributed by atoms with Crippen LogP contribution in [0.4, 0.5) is 8.78 Å². The Morgan fingerprint density at radius 1 is 1.60 bits per heavy atom. The van der Waals surface area contributed by atoms with Gasteiger partial charge < -0.3 is 10.4 Å². The van der Waals surface area contributed by atoms with Crippen LogP contribution in [0.5, 0.6) is 0 Å². The molecule has 15 heavy (non-hydrogen) atoms. The Bertz CT molecular complexity index is 214. The van der Waals surface area contributed by atoms with Gasteiger partial charge in [0.05, 0.1) is 13.1 Å². The van der Waals surface area contributed by atoms with E-state index < -0.39 is 12.4 Å². The summed E-state index contributed by atoms with van der Waals surface area (Å²) in [5, 5.41) is 11.3. The number of nitrogens with one attached hydrogen (secondary N) is 1. The number of hydrogen-bond donors (Lipinski definition) is 2. The van der Waals surface area contributed by atoms with Crippen LogP contribution in [0.25, 0.3) is 0 Å². The zero-order chi connectivity index (χ0) is 11.3. The lowest BCUT2D eigenvalue weighted by Crippen LogP contribution is -2.48. The Morgan fingerprint density at radius 3 is 2.93 bits per heavy atom. The third kappa shape index (κ3) is 5.03. The summed E-state index contributed by atoms with van der Waals surface area (Å²) >= 11 is 0. The number of nitrogens with zero attached hydrogens (tertiary/aromatic N) is 1. The van der Waals surface area contributed by atoms with E-state index in [0.29, 0.717) is 6.54 Å². The first-order chi connectivity index (χ1) is 7.08. The lowest BCUT2D eigenvalue weighted by Gasteiger charge is -2.32. The number of carbonyl (C=O) groups is 1. The molecule has 0 amide bonds. The molecule has 1 heterocycles. The number of halogens is 2. The number of alkyl halides is 2. The number of piperidine rings is 1. The summed E-state index contributed by atoms with van der Waals surface area (Å²) in [6.45, 7) is 0.955. The number of likely N-dealkylation sites (tertiary alicyclic amines) is 1. The van der Waals surface area contributed by atoms with Crippen LogP contribution in [0.15, 0.2) is 0 Å². The Morgan fingerprint density at radius 2 is 2.33 bits per heavy atom. The number of rotatable bonds is 5. The van der Waals surface area contributed by atoms with E-state index in [4.69, 9.17) is 5.11 Å². The highest BCUT2D eigenvalue weighted by Gasteiger charge is 2.21. The molecule has 0 aromatic rings. The summed E-state index contributed by atoms with van der Waals surface area (Å²) < 4.78 is 23.9. The first-order valence-corrected chi connectivity index (χ1v) is 5.03. The van der Waals surface area contributed by atoms with Crippen molar-refractivity contribution in [2.24, 2.45) is 0 Å². The maximum Gasteiger partial charge on any atom is 0.317 e. The van der Waals surface area contributed by atoms with Crippen LogP contribution in [0.1, 0.15) is 12.8 Å². The van der Waals surface area contributed by atoms with Gasteiger partial charge in [0.15, 0.2) is 0 Å². The third-order valence-corrected chi connectivity index (χ3v) is 2.43. The smallest absolute Gasteiger partial charge is 0.317 e. The van der Waals surface area contributed by atoms with Gasteiger partial charge >= 0.3 is 5.97 Å². The van der Waals surface area contributed by atoms with Crippen LogP contribution in [0.3, 0.4) is 0 Å². The SMILES string of the molecule is O=C(O)CN1CCCC(NCC(F)F)C1. The minimum absolute atomic E-state index is 0.00708. The van der Waals surface area contributed by atoms with Gasteiger partial charge in [-0.2, -0.15) is 0 Å². The molecule has 2 N–H and O–H groups in total. The fourth-order valence-electron chi connectivity index (χ4n) is 1.81. The molecule has 1 atom stereocenters. The summed E-state index contributed by atoms with van der Waals surface area (Å²) in [5.74, 6) is -0.871. The fourth-order valence-corrected chi connectivity index (χ4v) is 1.81. The van der Waals surface area contributed by atoms with Gasteiger partial charge in [0, 0.05) is 12.6 Å². The second-order valence-corrected chi connectivity index (χ2v) is 3.77. The molecule has 1 aliphatic heterocycles. The molecular formula is C9H16F2N2O2. The topological polar surface area (TPSA) is 52.6 Å². The lowest BCUT2D eigenvalue weighted by atomic mass is 10.1. The van der Waals surface area contributed by atoms with Gasteiger partial charge in [-0.05, 0) is 19.4 Å². The van der Waals surface area contributed by atoms with E-state index in [0.717, 1.165) is 19.4 Å². The average molecular weight is 222 g/mol. The standard InChI is InChI=1S/C9H16F2N2O2/c10-8(11)4-12-7-2-1-3-13(5-7)6-9(14)15/h7-8,12H,1-6H2,(H,14,15). The molecule has 6 heteroatoms. The predicted octanol–water partition coefficient (Wildman–Crippen LogP) is 0.390. The van der Waals surface area contributed by atoms with Crippen LogP contribution in [0.2, 0.25) is 0 Å². The van der Waals surface area contributed by atoms with E-state index >= 15 is 0 Å². The number of carboxylic acid groups (broad SMARTS) is 1. The van der Waals surface area contributed by atoms with Crippen LogP contribution < -0.4 is 5.32 Å². The van der Waals surface area contributed by atoms with E-state index in [9.17, 15) is 13.6 Å². The molecule has 1 rings (SSSR count). The number of hydrogen-bond acceptors (Lipinski definition) is 3. The molecule has 0 aliphatic carbocycles. The average Bonchev–Trinajstić information content (AvgIpc) is 2.14. The Kier molecular flexibility index (Phi) is 4.90. The molecule has 4 nitrogen and oxygen atoms in total. The summed E-state index contributed by atoms with van der Waals surface area (Å²) in [5.41, 5.74) is 0. The number of aliphatic carboxylic acids is 1. The molecule has 1 aliphatic rings. The summed E-state index contributed by atoms with van der Waals surface area (Å²) in [7, 11) is 0. The van der Waals surface area contributed by atoms with Crippen molar-refractivity contribution >= 4 is 5.97 Å². The van der Waals surface area contributed by atoms with Crippen molar-refractivity contribution in [3.63, 3.8) is 0 Å². The van der Waals surface area contributed by atoms with Gasteiger partial charge in [-0.15, -0.1) is 0 Å². The lowest BCUT2D eigenvalue weighted by molar-refractivity contribution is -0.138. The van der Waals surface area contributed by atoms with E-state index in [1.165, 1.54) is 0 Å². The zero-order valence-electron chi connectivity index (χ0n) is 8.46. The van der Waals surface area contributed by atoms with Gasteiger partial charge in [0.1, 0.15) is 0 Å². The van der Waals surface area contributed by atoms with E-state index in [2.05, 4.69) is 5.32 Å². The predicted molar refractivity (Wildman–Crippen MR) is 51.1 cm³/mol. The molecule has 88 valence electrons.